The van der Waals surface area contributed by atoms with Gasteiger partial charge in [-0.3, -0.25) is 0 Å². The molecule has 3 rings (SSSR count). The van der Waals surface area contributed by atoms with E-state index >= 15 is 0 Å². The van der Waals surface area contributed by atoms with Gasteiger partial charge in [0.05, 0.1) is 11.3 Å². The summed E-state index contributed by atoms with van der Waals surface area (Å²) in [7, 11) is -5.13. The van der Waals surface area contributed by atoms with E-state index in [2.05, 4.69) is 14.2 Å². The van der Waals surface area contributed by atoms with E-state index in [1.807, 2.05) is 0 Å². The molecule has 0 aliphatic heterocycles. The Hall–Kier alpha value is -3.14. The van der Waals surface area contributed by atoms with Crippen LogP contribution >= 0.6 is 0 Å². The molecule has 6 nitrogen and oxygen atoms in total. The Balaban J connectivity index is 1.73. The Labute approximate surface area is 152 Å². The summed E-state index contributed by atoms with van der Waals surface area (Å²) >= 11 is 0. The van der Waals surface area contributed by atoms with Crippen molar-refractivity contribution in [1.29, 1.82) is 0 Å². The van der Waals surface area contributed by atoms with Crippen LogP contribution in [0.1, 0.15) is 5.56 Å². The van der Waals surface area contributed by atoms with Crippen molar-refractivity contribution < 1.29 is 30.0 Å². The average molecular weight is 396 g/mol. The molecule has 0 bridgehead atoms. The second-order valence-corrected chi connectivity index (χ2v) is 6.20. The van der Waals surface area contributed by atoms with Gasteiger partial charge < -0.3 is 8.92 Å². The van der Waals surface area contributed by atoms with Crippen molar-refractivity contribution in [3.63, 3.8) is 0 Å². The van der Waals surface area contributed by atoms with Crippen LogP contribution in [0.5, 0.6) is 11.5 Å². The number of aromatic nitrogens is 2. The molecule has 0 N–H and O–H groups in total. The Morgan fingerprint density at radius 3 is 2.15 bits per heavy atom. The van der Waals surface area contributed by atoms with Gasteiger partial charge in [-0.2, -0.15) is 8.42 Å². The first-order valence-electron chi connectivity index (χ1n) is 7.43. The minimum Gasteiger partial charge on any atom is -0.489 e. The van der Waals surface area contributed by atoms with Crippen molar-refractivity contribution in [1.82, 2.24) is 9.97 Å². The van der Waals surface area contributed by atoms with Crippen LogP contribution in [0.15, 0.2) is 55.0 Å². The van der Waals surface area contributed by atoms with Gasteiger partial charge in [-0.25, -0.2) is 18.7 Å². The monoisotopic (exact) mass is 396 g/mol. The van der Waals surface area contributed by atoms with Crippen molar-refractivity contribution in [2.75, 3.05) is 0 Å². The summed E-state index contributed by atoms with van der Waals surface area (Å²) in [6, 6.07) is 8.60. The summed E-state index contributed by atoms with van der Waals surface area (Å²) < 4.78 is 71.0. The Kier molecular flexibility index (Phi) is 5.26. The molecule has 0 saturated heterocycles. The fourth-order valence-corrected chi connectivity index (χ4v) is 2.55. The van der Waals surface area contributed by atoms with E-state index in [4.69, 9.17) is 4.74 Å². The maximum atomic E-state index is 14.3. The predicted molar refractivity (Wildman–Crippen MR) is 88.8 cm³/mol. The SMILES string of the molecule is O=S(=O)(F)Oc1ccc(OCc2c(F)cc(-c3ccncn3)cc2F)cc1. The molecule has 10 heteroatoms. The first kappa shape index (κ1) is 18.6. The van der Waals surface area contributed by atoms with E-state index < -0.39 is 28.7 Å². The maximum absolute atomic E-state index is 14.3. The van der Waals surface area contributed by atoms with Gasteiger partial charge in [0.2, 0.25) is 0 Å². The fourth-order valence-electron chi connectivity index (χ4n) is 2.21. The zero-order valence-corrected chi connectivity index (χ0v) is 14.3. The highest BCUT2D eigenvalue weighted by atomic mass is 32.3. The molecule has 0 atom stereocenters. The number of hydrogen-bond donors (Lipinski definition) is 0. The van der Waals surface area contributed by atoms with Crippen molar-refractivity contribution in [3.05, 3.63) is 72.2 Å². The predicted octanol–water partition coefficient (Wildman–Crippen LogP) is 3.59. The molecule has 0 spiro atoms. The third kappa shape index (κ3) is 4.94. The first-order chi connectivity index (χ1) is 12.8. The van der Waals surface area contributed by atoms with Crippen LogP contribution in [-0.4, -0.2) is 18.4 Å². The molecule has 0 aliphatic rings. The van der Waals surface area contributed by atoms with Gasteiger partial charge in [-0.15, -0.1) is 0 Å². The molecule has 1 heterocycles. The lowest BCUT2D eigenvalue weighted by atomic mass is 10.1. The lowest BCUT2D eigenvalue weighted by Gasteiger charge is -2.10. The first-order valence-corrected chi connectivity index (χ1v) is 8.74. The molecule has 0 radical (unpaired) electrons. The second kappa shape index (κ2) is 7.62. The second-order valence-electron chi connectivity index (χ2n) is 5.25. The highest BCUT2D eigenvalue weighted by molar-refractivity contribution is 7.81. The van der Waals surface area contributed by atoms with Gasteiger partial charge in [-0.05, 0) is 42.5 Å². The number of rotatable bonds is 6. The molecule has 0 unspecified atom stereocenters. The van der Waals surface area contributed by atoms with Crippen LogP contribution in [0, 0.1) is 11.6 Å². The topological polar surface area (TPSA) is 78.4 Å². The van der Waals surface area contributed by atoms with E-state index in [-0.39, 0.29) is 22.6 Å². The van der Waals surface area contributed by atoms with E-state index in [0.717, 1.165) is 24.3 Å². The van der Waals surface area contributed by atoms with Crippen LogP contribution in [0.2, 0.25) is 0 Å². The molecule has 0 saturated carbocycles. The van der Waals surface area contributed by atoms with Crippen molar-refractivity contribution >= 4 is 10.5 Å². The molecule has 1 aromatic heterocycles. The van der Waals surface area contributed by atoms with Crippen molar-refractivity contribution in [2.45, 2.75) is 6.61 Å². The number of hydrogen-bond acceptors (Lipinski definition) is 6. The van der Waals surface area contributed by atoms with Crippen LogP contribution in [-0.2, 0) is 17.1 Å². The van der Waals surface area contributed by atoms with Gasteiger partial charge in [0, 0.05) is 11.8 Å². The van der Waals surface area contributed by atoms with Gasteiger partial charge in [0.25, 0.3) is 0 Å². The zero-order valence-electron chi connectivity index (χ0n) is 13.5. The fraction of sp³-hybridized carbons (Fsp3) is 0.0588. The number of halogens is 3. The molecular formula is C17H11F3N2O4S. The summed E-state index contributed by atoms with van der Waals surface area (Å²) in [6.07, 6.45) is 2.72. The molecule has 140 valence electrons. The lowest BCUT2D eigenvalue weighted by Crippen LogP contribution is -2.03. The van der Waals surface area contributed by atoms with Crippen LogP contribution in [0.4, 0.5) is 12.7 Å². The zero-order chi connectivity index (χ0) is 19.4. The van der Waals surface area contributed by atoms with Crippen LogP contribution in [0.25, 0.3) is 11.3 Å². The third-order valence-corrected chi connectivity index (χ3v) is 3.81. The lowest BCUT2D eigenvalue weighted by molar-refractivity contribution is 0.292. The molecule has 0 amide bonds. The molecule has 2 aromatic carbocycles. The summed E-state index contributed by atoms with van der Waals surface area (Å²) in [6.45, 7) is -0.413. The number of nitrogens with zero attached hydrogens (tertiary/aromatic N) is 2. The van der Waals surface area contributed by atoms with Gasteiger partial charge >= 0.3 is 10.5 Å². The summed E-state index contributed by atoms with van der Waals surface area (Å²) in [5.41, 5.74) is 0.332. The molecule has 27 heavy (non-hydrogen) atoms. The molecule has 0 fully saturated rings. The van der Waals surface area contributed by atoms with E-state index in [1.165, 1.54) is 30.7 Å². The van der Waals surface area contributed by atoms with Gasteiger partial charge in [-0.1, -0.05) is 3.89 Å². The Morgan fingerprint density at radius 2 is 1.59 bits per heavy atom. The van der Waals surface area contributed by atoms with E-state index in [1.54, 1.807) is 0 Å². The van der Waals surface area contributed by atoms with E-state index in [9.17, 15) is 21.1 Å². The number of ether oxygens (including phenoxy) is 1. The highest BCUT2D eigenvalue weighted by Gasteiger charge is 2.14. The Morgan fingerprint density at radius 1 is 0.963 bits per heavy atom. The average Bonchev–Trinajstić information content (AvgIpc) is 2.62. The summed E-state index contributed by atoms with van der Waals surface area (Å²) in [5, 5.41) is 0. The highest BCUT2D eigenvalue weighted by Crippen LogP contribution is 2.25. The van der Waals surface area contributed by atoms with Crippen LogP contribution < -0.4 is 8.92 Å². The smallest absolute Gasteiger partial charge is 0.488 e. The maximum Gasteiger partial charge on any atom is 0.488 e. The molecule has 3 aromatic rings. The van der Waals surface area contributed by atoms with Gasteiger partial charge in [0.15, 0.2) is 0 Å². The summed E-state index contributed by atoms with van der Waals surface area (Å²) in [5.74, 6) is -1.71. The molecular weight excluding hydrogens is 385 g/mol. The summed E-state index contributed by atoms with van der Waals surface area (Å²) in [4.78, 5) is 7.67. The van der Waals surface area contributed by atoms with Crippen molar-refractivity contribution in [2.24, 2.45) is 0 Å². The quantitative estimate of drug-likeness (QED) is 0.593. The number of benzene rings is 2. The minimum absolute atomic E-state index is 0.178. The Bertz CT molecular complexity index is 1020. The van der Waals surface area contributed by atoms with Gasteiger partial charge in [0.1, 0.15) is 36.1 Å². The van der Waals surface area contributed by atoms with Crippen molar-refractivity contribution in [3.8, 4) is 22.8 Å². The molecule has 0 aliphatic carbocycles. The largest absolute Gasteiger partial charge is 0.489 e. The van der Waals surface area contributed by atoms with E-state index in [0.29, 0.717) is 5.69 Å². The standard InChI is InChI=1S/C17H11F3N2O4S/c18-15-7-11(17-5-6-21-10-22-17)8-16(19)14(15)9-25-12-1-3-13(4-2-12)26-27(20,23)24/h1-8,10H,9H2. The minimum atomic E-state index is -5.13. The third-order valence-electron chi connectivity index (χ3n) is 3.42. The normalized spacial score (nSPS) is 11.2. The van der Waals surface area contributed by atoms with Crippen LogP contribution in [0.3, 0.4) is 0 Å².